The van der Waals surface area contributed by atoms with E-state index in [4.69, 9.17) is 5.11 Å². The second-order valence-corrected chi connectivity index (χ2v) is 6.71. The van der Waals surface area contributed by atoms with Crippen LogP contribution in [0.15, 0.2) is 18.2 Å². The molecular formula is C17H20F2N4O3. The lowest BCUT2D eigenvalue weighted by Gasteiger charge is -2.33. The van der Waals surface area contributed by atoms with Gasteiger partial charge in [-0.2, -0.15) is 5.10 Å². The van der Waals surface area contributed by atoms with Crippen LogP contribution in [0.2, 0.25) is 0 Å². The van der Waals surface area contributed by atoms with Crippen molar-refractivity contribution < 1.29 is 23.5 Å². The SMILES string of the molecule is Cc1nc2cccc(C(=O)NC(CC(=O)O)C3CCC(F)(F)CC3)n2n1. The second kappa shape index (κ2) is 6.97. The van der Waals surface area contributed by atoms with Crippen molar-refractivity contribution in [2.45, 2.75) is 51.0 Å². The van der Waals surface area contributed by atoms with E-state index in [9.17, 15) is 18.4 Å². The third-order valence-corrected chi connectivity index (χ3v) is 4.74. The quantitative estimate of drug-likeness (QED) is 0.847. The lowest BCUT2D eigenvalue weighted by Crippen LogP contribution is -2.44. The number of hydrogen-bond acceptors (Lipinski definition) is 4. The Morgan fingerprint density at radius 2 is 2.08 bits per heavy atom. The predicted molar refractivity (Wildman–Crippen MR) is 88.1 cm³/mol. The van der Waals surface area contributed by atoms with Crippen LogP contribution in [0.3, 0.4) is 0 Å². The fourth-order valence-corrected chi connectivity index (χ4v) is 3.42. The van der Waals surface area contributed by atoms with Crippen molar-refractivity contribution in [3.63, 3.8) is 0 Å². The molecule has 1 aliphatic carbocycles. The van der Waals surface area contributed by atoms with E-state index in [2.05, 4.69) is 15.4 Å². The van der Waals surface area contributed by atoms with Crippen molar-refractivity contribution in [3.05, 3.63) is 29.7 Å². The zero-order valence-electron chi connectivity index (χ0n) is 14.3. The van der Waals surface area contributed by atoms with E-state index in [1.807, 2.05) is 0 Å². The van der Waals surface area contributed by atoms with E-state index in [-0.39, 0.29) is 43.7 Å². The molecule has 0 saturated heterocycles. The topological polar surface area (TPSA) is 96.6 Å². The van der Waals surface area contributed by atoms with E-state index in [0.717, 1.165) is 0 Å². The molecule has 9 heteroatoms. The van der Waals surface area contributed by atoms with Crippen molar-refractivity contribution in [2.75, 3.05) is 0 Å². The Kier molecular flexibility index (Phi) is 4.88. The maximum absolute atomic E-state index is 13.4. The van der Waals surface area contributed by atoms with Gasteiger partial charge in [0.1, 0.15) is 11.5 Å². The predicted octanol–water partition coefficient (Wildman–Crippen LogP) is 2.44. The van der Waals surface area contributed by atoms with Crippen LogP contribution in [0.1, 0.15) is 48.4 Å². The van der Waals surface area contributed by atoms with Crippen molar-refractivity contribution >= 4 is 17.5 Å². The smallest absolute Gasteiger partial charge is 0.305 e. The molecule has 1 atom stereocenters. The van der Waals surface area contributed by atoms with Gasteiger partial charge in [0.2, 0.25) is 5.92 Å². The molecule has 1 aliphatic rings. The van der Waals surface area contributed by atoms with Gasteiger partial charge in [0.15, 0.2) is 5.65 Å². The summed E-state index contributed by atoms with van der Waals surface area (Å²) < 4.78 is 28.2. The highest BCUT2D eigenvalue weighted by Gasteiger charge is 2.38. The Morgan fingerprint density at radius 1 is 1.38 bits per heavy atom. The first-order chi connectivity index (χ1) is 12.2. The number of nitrogens with one attached hydrogen (secondary N) is 1. The van der Waals surface area contributed by atoms with Crippen LogP contribution in [0.5, 0.6) is 0 Å². The van der Waals surface area contributed by atoms with Gasteiger partial charge >= 0.3 is 5.97 Å². The summed E-state index contributed by atoms with van der Waals surface area (Å²) in [5.41, 5.74) is 0.724. The third-order valence-electron chi connectivity index (χ3n) is 4.74. The van der Waals surface area contributed by atoms with Gasteiger partial charge in [-0.3, -0.25) is 9.59 Å². The van der Waals surface area contributed by atoms with E-state index >= 15 is 0 Å². The molecule has 1 fully saturated rings. The fourth-order valence-electron chi connectivity index (χ4n) is 3.42. The van der Waals surface area contributed by atoms with E-state index < -0.39 is 23.8 Å². The summed E-state index contributed by atoms with van der Waals surface area (Å²) in [5.74, 6) is -4.09. The van der Waals surface area contributed by atoms with Crippen LogP contribution < -0.4 is 5.32 Å². The first-order valence-electron chi connectivity index (χ1n) is 8.48. The molecule has 7 nitrogen and oxygen atoms in total. The molecule has 0 aromatic carbocycles. The Hall–Kier alpha value is -2.58. The Labute approximate surface area is 148 Å². The van der Waals surface area contributed by atoms with Crippen LogP contribution in [-0.2, 0) is 4.79 Å². The van der Waals surface area contributed by atoms with E-state index in [1.54, 1.807) is 25.1 Å². The van der Waals surface area contributed by atoms with E-state index in [0.29, 0.717) is 11.5 Å². The van der Waals surface area contributed by atoms with Gasteiger partial charge < -0.3 is 10.4 Å². The molecule has 2 N–H and O–H groups in total. The number of aryl methyl sites for hydroxylation is 1. The Balaban J connectivity index is 1.79. The van der Waals surface area contributed by atoms with Crippen LogP contribution in [-0.4, -0.2) is 43.5 Å². The summed E-state index contributed by atoms with van der Waals surface area (Å²) in [7, 11) is 0. The number of aliphatic carboxylic acids is 1. The lowest BCUT2D eigenvalue weighted by molar-refractivity contribution is -0.138. The van der Waals surface area contributed by atoms with Crippen molar-refractivity contribution in [1.82, 2.24) is 19.9 Å². The van der Waals surface area contributed by atoms with Crippen molar-refractivity contribution in [3.8, 4) is 0 Å². The minimum Gasteiger partial charge on any atom is -0.481 e. The minimum absolute atomic E-state index is 0.178. The van der Waals surface area contributed by atoms with Gasteiger partial charge in [0, 0.05) is 18.9 Å². The van der Waals surface area contributed by atoms with Gasteiger partial charge in [0.05, 0.1) is 6.42 Å². The normalized spacial score (nSPS) is 18.6. The van der Waals surface area contributed by atoms with Gasteiger partial charge in [-0.15, -0.1) is 0 Å². The van der Waals surface area contributed by atoms with Gasteiger partial charge in [0.25, 0.3) is 5.91 Å². The molecule has 0 aliphatic heterocycles. The molecule has 3 rings (SSSR count). The number of carboxylic acids is 1. The number of amides is 1. The number of aromatic nitrogens is 3. The average Bonchev–Trinajstić information content (AvgIpc) is 2.93. The molecule has 1 saturated carbocycles. The third kappa shape index (κ3) is 3.97. The molecule has 0 bridgehead atoms. The zero-order chi connectivity index (χ0) is 18.9. The number of carbonyl (C=O) groups is 2. The van der Waals surface area contributed by atoms with Gasteiger partial charge in [-0.05, 0) is 37.8 Å². The van der Waals surface area contributed by atoms with Crippen molar-refractivity contribution in [2.24, 2.45) is 5.92 Å². The number of fused-ring (bicyclic) bond motifs is 1. The number of rotatable bonds is 5. The summed E-state index contributed by atoms with van der Waals surface area (Å²) in [6.45, 7) is 1.70. The molecule has 2 aromatic rings. The number of carboxylic acid groups (broad SMARTS) is 1. The molecule has 26 heavy (non-hydrogen) atoms. The summed E-state index contributed by atoms with van der Waals surface area (Å²) in [6, 6.07) is 4.21. The number of nitrogens with zero attached hydrogens (tertiary/aromatic N) is 3. The molecule has 2 heterocycles. The lowest BCUT2D eigenvalue weighted by atomic mass is 9.81. The summed E-state index contributed by atoms with van der Waals surface area (Å²) in [4.78, 5) is 28.1. The van der Waals surface area contributed by atoms with Crippen molar-refractivity contribution in [1.29, 1.82) is 0 Å². The summed E-state index contributed by atoms with van der Waals surface area (Å²) >= 11 is 0. The first-order valence-corrected chi connectivity index (χ1v) is 8.48. The maximum atomic E-state index is 13.4. The van der Waals surface area contributed by atoms with Crippen LogP contribution >= 0.6 is 0 Å². The largest absolute Gasteiger partial charge is 0.481 e. The van der Waals surface area contributed by atoms with Crippen LogP contribution in [0.25, 0.3) is 5.65 Å². The van der Waals surface area contributed by atoms with Gasteiger partial charge in [-0.1, -0.05) is 6.07 Å². The molecular weight excluding hydrogens is 346 g/mol. The summed E-state index contributed by atoms with van der Waals surface area (Å²) in [6.07, 6.45) is -0.535. The Morgan fingerprint density at radius 3 is 2.73 bits per heavy atom. The second-order valence-electron chi connectivity index (χ2n) is 6.71. The minimum atomic E-state index is -2.71. The highest BCUT2D eigenvalue weighted by molar-refractivity contribution is 5.93. The molecule has 0 spiro atoms. The molecule has 2 aromatic heterocycles. The Bertz CT molecular complexity index is 827. The number of hydrogen-bond donors (Lipinski definition) is 2. The van der Waals surface area contributed by atoms with E-state index in [1.165, 1.54) is 4.52 Å². The monoisotopic (exact) mass is 366 g/mol. The number of carbonyl (C=O) groups excluding carboxylic acids is 1. The molecule has 140 valence electrons. The van der Waals surface area contributed by atoms with Crippen LogP contribution in [0, 0.1) is 12.8 Å². The molecule has 1 unspecified atom stereocenters. The highest BCUT2D eigenvalue weighted by atomic mass is 19.3. The first kappa shape index (κ1) is 18.2. The van der Waals surface area contributed by atoms with Gasteiger partial charge in [-0.25, -0.2) is 18.3 Å². The number of alkyl halides is 2. The number of pyridine rings is 1. The summed E-state index contributed by atoms with van der Waals surface area (Å²) in [5, 5.41) is 16.0. The highest BCUT2D eigenvalue weighted by Crippen LogP contribution is 2.38. The number of halogens is 2. The molecule has 0 radical (unpaired) electrons. The van der Waals surface area contributed by atoms with Crippen LogP contribution in [0.4, 0.5) is 8.78 Å². The average molecular weight is 366 g/mol. The standard InChI is InChI=1S/C17H20F2N4O3/c1-10-20-14-4-2-3-13(23(14)22-10)16(26)21-12(9-15(24)25)11-5-7-17(18,19)8-6-11/h2-4,11-12H,5-9H2,1H3,(H,21,26)(H,24,25). The maximum Gasteiger partial charge on any atom is 0.305 e. The molecule has 1 amide bonds. The zero-order valence-corrected chi connectivity index (χ0v) is 14.3. The fraction of sp³-hybridized carbons (Fsp3) is 0.529.